The topological polar surface area (TPSA) is 79.8 Å². The molecule has 0 aromatic heterocycles. The van der Waals surface area contributed by atoms with E-state index in [1.165, 1.54) is 6.26 Å². The fraction of sp³-hybridized carbons (Fsp3) is 0.500. The monoisotopic (exact) mass is 347 g/mol. The lowest BCUT2D eigenvalue weighted by Gasteiger charge is -2.12. The van der Waals surface area contributed by atoms with Gasteiger partial charge < -0.3 is 15.4 Å². The van der Waals surface area contributed by atoms with Crippen LogP contribution in [0.2, 0.25) is 5.02 Å². The Morgan fingerprint density at radius 2 is 2.00 bits per heavy atom. The Morgan fingerprint density at radius 1 is 1.27 bits per heavy atom. The van der Waals surface area contributed by atoms with Gasteiger partial charge in [0.25, 0.3) is 0 Å². The second kappa shape index (κ2) is 9.66. The fourth-order valence-corrected chi connectivity index (χ4v) is 2.22. The minimum Gasteiger partial charge on any atom is -0.379 e. The van der Waals surface area contributed by atoms with Crippen LogP contribution in [0, 0.1) is 0 Å². The van der Waals surface area contributed by atoms with Gasteiger partial charge in [0.1, 0.15) is 9.84 Å². The van der Waals surface area contributed by atoms with Gasteiger partial charge >= 0.3 is 0 Å². The van der Waals surface area contributed by atoms with Crippen molar-refractivity contribution in [2.75, 3.05) is 38.8 Å². The first kappa shape index (κ1) is 18.7. The highest BCUT2D eigenvalue weighted by atomic mass is 35.5. The van der Waals surface area contributed by atoms with Crippen molar-refractivity contribution < 1.29 is 13.2 Å². The molecule has 0 aliphatic heterocycles. The van der Waals surface area contributed by atoms with E-state index in [-0.39, 0.29) is 12.4 Å². The molecular weight excluding hydrogens is 326 g/mol. The summed E-state index contributed by atoms with van der Waals surface area (Å²) in [6.45, 7) is 1.70. The quantitative estimate of drug-likeness (QED) is 0.417. The minimum absolute atomic E-state index is 0.0342. The predicted molar refractivity (Wildman–Crippen MR) is 90.2 cm³/mol. The van der Waals surface area contributed by atoms with Crippen molar-refractivity contribution in [1.82, 2.24) is 10.6 Å². The molecule has 2 N–H and O–H groups in total. The lowest BCUT2D eigenvalue weighted by atomic mass is 10.2. The molecule has 0 spiro atoms. The van der Waals surface area contributed by atoms with E-state index < -0.39 is 9.84 Å². The highest BCUT2D eigenvalue weighted by Crippen LogP contribution is 2.13. The van der Waals surface area contributed by atoms with E-state index >= 15 is 0 Å². The van der Waals surface area contributed by atoms with Gasteiger partial charge in [-0.05, 0) is 11.6 Å². The number of guanidine groups is 1. The Hall–Kier alpha value is -1.31. The molecule has 0 bridgehead atoms. The first-order chi connectivity index (χ1) is 10.4. The van der Waals surface area contributed by atoms with Crippen LogP contribution in [0.4, 0.5) is 0 Å². The molecular formula is C14H22ClN3O3S. The summed E-state index contributed by atoms with van der Waals surface area (Å²) in [5.41, 5.74) is 0.983. The number of hydrogen-bond acceptors (Lipinski definition) is 4. The lowest BCUT2D eigenvalue weighted by molar-refractivity contribution is 0.154. The summed E-state index contributed by atoms with van der Waals surface area (Å²) in [6, 6.07) is 7.59. The molecule has 22 heavy (non-hydrogen) atoms. The Balaban J connectivity index is 2.22. The molecule has 1 aromatic carbocycles. The third-order valence-electron chi connectivity index (χ3n) is 2.77. The van der Waals surface area contributed by atoms with E-state index in [0.717, 1.165) is 5.56 Å². The van der Waals surface area contributed by atoms with Crippen LogP contribution in [0.1, 0.15) is 5.56 Å². The molecule has 1 rings (SSSR count). The number of halogens is 1. The molecule has 124 valence electrons. The summed E-state index contributed by atoms with van der Waals surface area (Å²) in [4.78, 5) is 4.09. The zero-order chi connectivity index (χ0) is 16.4. The van der Waals surface area contributed by atoms with Crippen LogP contribution in [-0.2, 0) is 21.1 Å². The molecule has 0 aliphatic carbocycles. The number of aliphatic imine (C=N–C) groups is 1. The minimum atomic E-state index is -2.97. The van der Waals surface area contributed by atoms with Gasteiger partial charge in [0.2, 0.25) is 0 Å². The van der Waals surface area contributed by atoms with Crippen LogP contribution < -0.4 is 10.6 Å². The number of rotatable bonds is 8. The molecule has 0 fully saturated rings. The van der Waals surface area contributed by atoms with E-state index in [4.69, 9.17) is 16.3 Å². The number of ether oxygens (including phenoxy) is 1. The molecule has 8 heteroatoms. The van der Waals surface area contributed by atoms with E-state index in [2.05, 4.69) is 15.6 Å². The molecule has 0 saturated heterocycles. The number of nitrogens with zero attached hydrogens (tertiary/aromatic N) is 1. The zero-order valence-electron chi connectivity index (χ0n) is 12.8. The average molecular weight is 348 g/mol. The van der Waals surface area contributed by atoms with E-state index in [1.54, 1.807) is 7.05 Å². The third kappa shape index (κ3) is 8.21. The zero-order valence-corrected chi connectivity index (χ0v) is 14.4. The number of hydrogen-bond donors (Lipinski definition) is 2. The van der Waals surface area contributed by atoms with Crippen molar-refractivity contribution >= 4 is 27.4 Å². The molecule has 0 unspecified atom stereocenters. The van der Waals surface area contributed by atoms with Crippen LogP contribution >= 0.6 is 11.6 Å². The highest BCUT2D eigenvalue weighted by molar-refractivity contribution is 7.90. The van der Waals surface area contributed by atoms with Crippen molar-refractivity contribution in [3.05, 3.63) is 34.9 Å². The van der Waals surface area contributed by atoms with Gasteiger partial charge in [-0.2, -0.15) is 0 Å². The largest absolute Gasteiger partial charge is 0.379 e. The van der Waals surface area contributed by atoms with Gasteiger partial charge in [-0.15, -0.1) is 0 Å². The summed E-state index contributed by atoms with van der Waals surface area (Å²) in [7, 11) is -1.30. The maximum Gasteiger partial charge on any atom is 0.191 e. The van der Waals surface area contributed by atoms with Crippen LogP contribution in [0.25, 0.3) is 0 Å². The molecule has 0 amide bonds. The molecule has 1 aromatic rings. The Bertz CT molecular complexity index is 591. The fourth-order valence-electron chi connectivity index (χ4n) is 1.60. The van der Waals surface area contributed by atoms with Gasteiger partial charge in [0, 0.05) is 31.4 Å². The van der Waals surface area contributed by atoms with E-state index in [1.807, 2.05) is 24.3 Å². The van der Waals surface area contributed by atoms with Crippen molar-refractivity contribution in [3.8, 4) is 0 Å². The maximum atomic E-state index is 10.9. The molecule has 0 aliphatic rings. The molecule has 6 nitrogen and oxygen atoms in total. The normalized spacial score (nSPS) is 12.2. The smallest absolute Gasteiger partial charge is 0.191 e. The van der Waals surface area contributed by atoms with Crippen LogP contribution in [0.15, 0.2) is 29.3 Å². The summed E-state index contributed by atoms with van der Waals surface area (Å²) >= 11 is 6.08. The predicted octanol–water partition coefficient (Wildman–Crippen LogP) is 1.07. The first-order valence-electron chi connectivity index (χ1n) is 6.86. The average Bonchev–Trinajstić information content (AvgIpc) is 2.46. The second-order valence-corrected chi connectivity index (χ2v) is 7.35. The Morgan fingerprint density at radius 3 is 2.64 bits per heavy atom. The van der Waals surface area contributed by atoms with Crippen molar-refractivity contribution in [2.45, 2.75) is 6.54 Å². The van der Waals surface area contributed by atoms with Gasteiger partial charge in [0.05, 0.1) is 19.0 Å². The number of sulfone groups is 1. The van der Waals surface area contributed by atoms with Crippen molar-refractivity contribution in [2.24, 2.45) is 4.99 Å². The SMILES string of the molecule is CN=C(NCCOCCS(C)(=O)=O)NCc1ccccc1Cl. The second-order valence-electron chi connectivity index (χ2n) is 4.69. The summed E-state index contributed by atoms with van der Waals surface area (Å²) < 4.78 is 27.1. The summed E-state index contributed by atoms with van der Waals surface area (Å²) in [5.74, 6) is 0.665. The van der Waals surface area contributed by atoms with Crippen LogP contribution in [0.5, 0.6) is 0 Å². The summed E-state index contributed by atoms with van der Waals surface area (Å²) in [6.07, 6.45) is 1.19. The van der Waals surface area contributed by atoms with Gasteiger partial charge in [-0.1, -0.05) is 29.8 Å². The molecule has 0 saturated carbocycles. The van der Waals surface area contributed by atoms with Gasteiger partial charge in [0.15, 0.2) is 5.96 Å². The van der Waals surface area contributed by atoms with Crippen LogP contribution in [-0.4, -0.2) is 53.2 Å². The standard InChI is InChI=1S/C14H22ClN3O3S/c1-16-14(17-7-8-21-9-10-22(2,19)20)18-11-12-5-3-4-6-13(12)15/h3-6H,7-11H2,1-2H3,(H2,16,17,18). The third-order valence-corrected chi connectivity index (χ3v) is 4.04. The van der Waals surface area contributed by atoms with Crippen molar-refractivity contribution in [3.63, 3.8) is 0 Å². The molecule has 0 radical (unpaired) electrons. The van der Waals surface area contributed by atoms with Gasteiger partial charge in [-0.25, -0.2) is 8.42 Å². The Labute approximate surface area is 136 Å². The first-order valence-corrected chi connectivity index (χ1v) is 9.29. The molecule has 0 heterocycles. The Kier molecular flexibility index (Phi) is 8.22. The molecule has 0 atom stereocenters. The van der Waals surface area contributed by atoms with Gasteiger partial charge in [-0.3, -0.25) is 4.99 Å². The highest BCUT2D eigenvalue weighted by Gasteiger charge is 2.03. The lowest BCUT2D eigenvalue weighted by Crippen LogP contribution is -2.38. The van der Waals surface area contributed by atoms with E-state index in [9.17, 15) is 8.42 Å². The van der Waals surface area contributed by atoms with E-state index in [0.29, 0.717) is 30.7 Å². The summed E-state index contributed by atoms with van der Waals surface area (Å²) in [5, 5.41) is 6.93. The number of benzene rings is 1. The number of nitrogens with one attached hydrogen (secondary N) is 2. The van der Waals surface area contributed by atoms with Crippen LogP contribution in [0.3, 0.4) is 0 Å². The van der Waals surface area contributed by atoms with Crippen molar-refractivity contribution in [1.29, 1.82) is 0 Å². The maximum absolute atomic E-state index is 10.9.